The summed E-state index contributed by atoms with van der Waals surface area (Å²) in [5, 5.41) is 21.1. The number of ether oxygens (including phenoxy) is 1. The third-order valence-electron chi connectivity index (χ3n) is 10.8. The molecule has 0 aromatic carbocycles. The van der Waals surface area contributed by atoms with E-state index in [1.165, 1.54) is 6.07 Å². The van der Waals surface area contributed by atoms with Crippen molar-refractivity contribution in [2.75, 3.05) is 0 Å². The first kappa shape index (κ1) is 24.5. The highest BCUT2D eigenvalue weighted by Gasteiger charge is 2.67. The summed E-state index contributed by atoms with van der Waals surface area (Å²) in [7, 11) is 0. The second-order valence-electron chi connectivity index (χ2n) is 12.1. The van der Waals surface area contributed by atoms with Crippen LogP contribution in [0, 0.1) is 28.6 Å². The van der Waals surface area contributed by atoms with Gasteiger partial charge in [-0.2, -0.15) is 0 Å². The quantitative estimate of drug-likeness (QED) is 0.582. The van der Waals surface area contributed by atoms with Gasteiger partial charge in [-0.3, -0.25) is 9.59 Å². The summed E-state index contributed by atoms with van der Waals surface area (Å²) >= 11 is 0. The predicted molar refractivity (Wildman–Crippen MR) is 128 cm³/mol. The molecular weight excluding hydrogens is 448 g/mol. The van der Waals surface area contributed by atoms with E-state index in [2.05, 4.69) is 13.8 Å². The van der Waals surface area contributed by atoms with Crippen molar-refractivity contribution in [1.29, 1.82) is 0 Å². The first-order valence-electron chi connectivity index (χ1n) is 13.3. The summed E-state index contributed by atoms with van der Waals surface area (Å²) in [5.41, 5.74) is -0.183. The minimum absolute atomic E-state index is 0.0733. The molecule has 0 amide bonds. The average Bonchev–Trinajstić information content (AvgIpc) is 3.10. The van der Waals surface area contributed by atoms with Gasteiger partial charge in [0.2, 0.25) is 0 Å². The van der Waals surface area contributed by atoms with Crippen LogP contribution < -0.4 is 5.63 Å². The molecule has 35 heavy (non-hydrogen) atoms. The van der Waals surface area contributed by atoms with Crippen molar-refractivity contribution >= 4 is 11.9 Å². The zero-order valence-electron chi connectivity index (χ0n) is 20.8. The normalized spacial score (nSPS) is 42.4. The van der Waals surface area contributed by atoms with Gasteiger partial charge in [0.15, 0.2) is 0 Å². The van der Waals surface area contributed by atoms with E-state index in [4.69, 9.17) is 14.3 Å². The Hall–Kier alpha value is -2.15. The monoisotopic (exact) mass is 486 g/mol. The van der Waals surface area contributed by atoms with Gasteiger partial charge in [-0.15, -0.1) is 0 Å². The molecule has 192 valence electrons. The van der Waals surface area contributed by atoms with Crippen LogP contribution in [0.1, 0.15) is 96.0 Å². The van der Waals surface area contributed by atoms with Gasteiger partial charge < -0.3 is 19.4 Å². The predicted octanol–water partition coefficient (Wildman–Crippen LogP) is 4.66. The number of fused-ring (bicyclic) bond motifs is 5. The maximum Gasteiger partial charge on any atom is 0.335 e. The maximum absolute atomic E-state index is 12.3. The lowest BCUT2D eigenvalue weighted by atomic mass is 9.43. The highest BCUT2D eigenvalue weighted by atomic mass is 16.5. The summed E-state index contributed by atoms with van der Waals surface area (Å²) in [6.07, 6.45) is 9.50. The lowest BCUT2D eigenvalue weighted by Crippen LogP contribution is -2.62. The number of carbonyl (C=O) groups is 2. The van der Waals surface area contributed by atoms with Crippen LogP contribution in [0.15, 0.2) is 27.6 Å². The molecule has 8 atom stereocenters. The van der Waals surface area contributed by atoms with Gasteiger partial charge in [0.25, 0.3) is 0 Å². The molecule has 7 heteroatoms. The number of esters is 1. The van der Waals surface area contributed by atoms with E-state index in [0.29, 0.717) is 11.8 Å². The van der Waals surface area contributed by atoms with Crippen molar-refractivity contribution in [3.05, 3.63) is 34.4 Å². The van der Waals surface area contributed by atoms with Crippen LogP contribution in [0.2, 0.25) is 0 Å². The summed E-state index contributed by atoms with van der Waals surface area (Å²) in [4.78, 5) is 34.4. The van der Waals surface area contributed by atoms with Gasteiger partial charge in [-0.25, -0.2) is 4.79 Å². The van der Waals surface area contributed by atoms with E-state index >= 15 is 0 Å². The Morgan fingerprint density at radius 1 is 1.03 bits per heavy atom. The van der Waals surface area contributed by atoms with Crippen molar-refractivity contribution in [3.8, 4) is 0 Å². The number of aliphatic hydroxyl groups is 1. The lowest BCUT2D eigenvalue weighted by Gasteiger charge is -2.63. The molecule has 0 radical (unpaired) electrons. The maximum atomic E-state index is 12.3. The molecular formula is C28H38O7. The van der Waals surface area contributed by atoms with Crippen LogP contribution in [-0.2, 0) is 14.3 Å². The molecule has 1 unspecified atom stereocenters. The molecule has 0 spiro atoms. The molecule has 0 bridgehead atoms. The van der Waals surface area contributed by atoms with Crippen molar-refractivity contribution in [2.24, 2.45) is 28.6 Å². The Bertz CT molecular complexity index is 1030. The molecule has 4 aliphatic carbocycles. The van der Waals surface area contributed by atoms with Crippen molar-refractivity contribution in [2.45, 2.75) is 102 Å². The van der Waals surface area contributed by atoms with Crippen LogP contribution in [0.5, 0.6) is 0 Å². The fraction of sp³-hybridized carbons (Fsp3) is 0.750. The summed E-state index contributed by atoms with van der Waals surface area (Å²) in [6.45, 7) is 4.63. The number of carbonyl (C=O) groups excluding carboxylic acids is 1. The van der Waals surface area contributed by atoms with E-state index in [0.717, 1.165) is 63.4 Å². The summed E-state index contributed by atoms with van der Waals surface area (Å²) in [5.74, 6) is -0.0724. The third kappa shape index (κ3) is 3.94. The summed E-state index contributed by atoms with van der Waals surface area (Å²) < 4.78 is 10.8. The molecule has 4 aliphatic rings. The van der Waals surface area contributed by atoms with Crippen LogP contribution in [0.25, 0.3) is 0 Å². The first-order valence-corrected chi connectivity index (χ1v) is 13.3. The highest BCUT2D eigenvalue weighted by Crippen LogP contribution is 2.70. The molecule has 4 saturated carbocycles. The van der Waals surface area contributed by atoms with E-state index in [9.17, 15) is 19.5 Å². The van der Waals surface area contributed by atoms with Crippen molar-refractivity contribution in [3.63, 3.8) is 0 Å². The number of hydrogen-bond donors (Lipinski definition) is 2. The molecule has 1 aromatic rings. The smallest absolute Gasteiger partial charge is 0.335 e. The molecule has 2 N–H and O–H groups in total. The molecule has 1 aromatic heterocycles. The van der Waals surface area contributed by atoms with Crippen LogP contribution in [0.3, 0.4) is 0 Å². The van der Waals surface area contributed by atoms with Gasteiger partial charge in [0.1, 0.15) is 6.10 Å². The molecule has 1 heterocycles. The van der Waals surface area contributed by atoms with E-state index in [-0.39, 0.29) is 47.2 Å². The minimum atomic E-state index is -0.982. The highest BCUT2D eigenvalue weighted by molar-refractivity contribution is 5.76. The molecule has 4 fully saturated rings. The second kappa shape index (κ2) is 8.75. The van der Waals surface area contributed by atoms with Crippen molar-refractivity contribution < 1.29 is 29.0 Å². The molecule has 0 saturated heterocycles. The number of aliphatic carboxylic acids is 1. The standard InChI is InChI=1S/C28H38O7/c1-26-12-9-19(35-25(32)8-6-23(29)30)15-18(26)4-5-22-21(26)10-13-27(2)20(11-14-28(22,27)33)17-3-7-24(31)34-16-17/h3,7,16,18-22,33H,4-6,8-15H2,1-2H3,(H,29,30)/t18-,19+,20-,21+,22?,26+,27-,28+/m1/s1. The van der Waals surface area contributed by atoms with E-state index in [1.54, 1.807) is 6.26 Å². The molecule has 0 aliphatic heterocycles. The number of rotatable bonds is 5. The third-order valence-corrected chi connectivity index (χ3v) is 10.8. The lowest BCUT2D eigenvalue weighted by molar-refractivity contribution is -0.207. The largest absolute Gasteiger partial charge is 0.481 e. The van der Waals surface area contributed by atoms with Crippen LogP contribution in [-0.4, -0.2) is 33.9 Å². The van der Waals surface area contributed by atoms with Gasteiger partial charge in [-0.05, 0) is 98.5 Å². The summed E-state index contributed by atoms with van der Waals surface area (Å²) in [6, 6.07) is 3.36. The van der Waals surface area contributed by atoms with Crippen molar-refractivity contribution in [1.82, 2.24) is 0 Å². The van der Waals surface area contributed by atoms with E-state index < -0.39 is 17.5 Å². The Morgan fingerprint density at radius 3 is 2.54 bits per heavy atom. The molecule has 5 rings (SSSR count). The fourth-order valence-corrected chi connectivity index (χ4v) is 8.85. The number of carboxylic acid groups (broad SMARTS) is 1. The SMILES string of the molecule is C[C@]12CC[C@H](OC(=O)CCC(=O)O)C[C@H]1CCC1[C@@H]2CC[C@]2(C)[C@@H](c3ccc(=O)oc3)CC[C@]12O. The van der Waals surface area contributed by atoms with Gasteiger partial charge in [0, 0.05) is 11.5 Å². The first-order chi connectivity index (χ1) is 16.6. The minimum Gasteiger partial charge on any atom is -0.481 e. The number of carboxylic acids is 1. The number of hydrogen-bond acceptors (Lipinski definition) is 6. The Morgan fingerprint density at radius 2 is 1.83 bits per heavy atom. The average molecular weight is 487 g/mol. The van der Waals surface area contributed by atoms with E-state index in [1.807, 2.05) is 6.07 Å². The zero-order valence-corrected chi connectivity index (χ0v) is 20.8. The molecule has 7 nitrogen and oxygen atoms in total. The van der Waals surface area contributed by atoms with Gasteiger partial charge in [0.05, 0.1) is 24.7 Å². The fourth-order valence-electron chi connectivity index (χ4n) is 8.85. The topological polar surface area (TPSA) is 114 Å². The van der Waals surface area contributed by atoms with Gasteiger partial charge >= 0.3 is 17.6 Å². The zero-order chi connectivity index (χ0) is 25.0. The second-order valence-corrected chi connectivity index (χ2v) is 12.1. The van der Waals surface area contributed by atoms with Crippen LogP contribution in [0.4, 0.5) is 0 Å². The Labute approximate surface area is 206 Å². The Balaban J connectivity index is 1.31. The Kier molecular flexibility index (Phi) is 6.14. The van der Waals surface area contributed by atoms with Gasteiger partial charge in [-0.1, -0.05) is 13.8 Å². The van der Waals surface area contributed by atoms with Crippen LogP contribution >= 0.6 is 0 Å².